The van der Waals surface area contributed by atoms with Gasteiger partial charge in [-0.2, -0.15) is 0 Å². The van der Waals surface area contributed by atoms with Gasteiger partial charge < -0.3 is 15.0 Å². The van der Waals surface area contributed by atoms with Gasteiger partial charge in [-0.15, -0.1) is 0 Å². The Bertz CT molecular complexity index is 669. The summed E-state index contributed by atoms with van der Waals surface area (Å²) < 4.78 is 5.50. The average Bonchev–Trinajstić information content (AvgIpc) is 2.67. The van der Waals surface area contributed by atoms with Crippen LogP contribution in [0.2, 0.25) is 0 Å². The van der Waals surface area contributed by atoms with E-state index in [0.29, 0.717) is 5.92 Å². The van der Waals surface area contributed by atoms with Crippen molar-refractivity contribution in [3.05, 3.63) is 59.9 Å². The topological polar surface area (TPSA) is 37.4 Å². The molecule has 1 aromatic carbocycles. The Kier molecular flexibility index (Phi) is 5.64. The van der Waals surface area contributed by atoms with Crippen molar-refractivity contribution in [2.45, 2.75) is 25.3 Å². The monoisotopic (exact) mass is 341 g/mol. The van der Waals surface area contributed by atoms with E-state index in [2.05, 4.69) is 33.4 Å². The van der Waals surface area contributed by atoms with Gasteiger partial charge >= 0.3 is 0 Å². The molecule has 4 nitrogen and oxygen atoms in total. The highest BCUT2D eigenvalue weighted by atomic mass is 32.1. The van der Waals surface area contributed by atoms with E-state index in [1.807, 2.05) is 24.4 Å². The van der Waals surface area contributed by atoms with Gasteiger partial charge in [0.05, 0.1) is 7.11 Å². The highest BCUT2D eigenvalue weighted by molar-refractivity contribution is 7.80. The lowest BCUT2D eigenvalue weighted by Gasteiger charge is -2.34. The lowest BCUT2D eigenvalue weighted by Crippen LogP contribution is -2.43. The van der Waals surface area contributed by atoms with E-state index in [1.54, 1.807) is 13.3 Å². The predicted molar refractivity (Wildman–Crippen MR) is 100 cm³/mol. The van der Waals surface area contributed by atoms with Gasteiger partial charge in [-0.25, -0.2) is 0 Å². The smallest absolute Gasteiger partial charge is 0.169 e. The summed E-state index contributed by atoms with van der Waals surface area (Å²) in [7, 11) is 1.74. The molecule has 0 amide bonds. The Hall–Kier alpha value is -2.14. The van der Waals surface area contributed by atoms with Crippen LogP contribution < -0.4 is 10.1 Å². The zero-order valence-corrected chi connectivity index (χ0v) is 14.8. The molecular formula is C19H23N3OS. The Morgan fingerprint density at radius 3 is 2.75 bits per heavy atom. The van der Waals surface area contributed by atoms with Crippen LogP contribution in [-0.4, -0.2) is 35.2 Å². The largest absolute Gasteiger partial charge is 0.496 e. The number of pyridine rings is 1. The van der Waals surface area contributed by atoms with Crippen LogP contribution in [-0.2, 0) is 6.54 Å². The Balaban J connectivity index is 1.52. The van der Waals surface area contributed by atoms with Crippen LogP contribution in [0.3, 0.4) is 0 Å². The van der Waals surface area contributed by atoms with Crippen molar-refractivity contribution < 1.29 is 4.74 Å². The van der Waals surface area contributed by atoms with Gasteiger partial charge in [-0.3, -0.25) is 4.98 Å². The SMILES string of the molecule is COc1ccccc1C1CCN(C(=S)NCc2cccnc2)CC1. The molecule has 1 aliphatic heterocycles. The third-order valence-corrected chi connectivity index (χ3v) is 4.93. The molecule has 0 unspecified atom stereocenters. The summed E-state index contributed by atoms with van der Waals surface area (Å²) >= 11 is 5.55. The zero-order chi connectivity index (χ0) is 16.8. The third-order valence-electron chi connectivity index (χ3n) is 4.53. The van der Waals surface area contributed by atoms with Gasteiger partial charge in [0.25, 0.3) is 0 Å². The number of piperidine rings is 1. The molecule has 1 aromatic heterocycles. The molecule has 0 radical (unpaired) electrons. The maximum atomic E-state index is 5.55. The van der Waals surface area contributed by atoms with E-state index >= 15 is 0 Å². The zero-order valence-electron chi connectivity index (χ0n) is 13.9. The van der Waals surface area contributed by atoms with E-state index in [1.165, 1.54) is 5.56 Å². The summed E-state index contributed by atoms with van der Waals surface area (Å²) in [6, 6.07) is 12.3. The number of benzene rings is 1. The van der Waals surface area contributed by atoms with Crippen molar-refractivity contribution in [1.82, 2.24) is 15.2 Å². The van der Waals surface area contributed by atoms with Gasteiger partial charge in [0, 0.05) is 32.0 Å². The molecule has 1 aliphatic rings. The summed E-state index contributed by atoms with van der Waals surface area (Å²) in [5, 5.41) is 4.17. The summed E-state index contributed by atoms with van der Waals surface area (Å²) in [6.07, 6.45) is 5.83. The molecule has 2 aromatic rings. The van der Waals surface area contributed by atoms with Crippen LogP contribution in [0.1, 0.15) is 29.9 Å². The van der Waals surface area contributed by atoms with Crippen molar-refractivity contribution in [2.24, 2.45) is 0 Å². The van der Waals surface area contributed by atoms with E-state index in [4.69, 9.17) is 17.0 Å². The third kappa shape index (κ3) is 4.03. The molecule has 126 valence electrons. The number of hydrogen-bond donors (Lipinski definition) is 1. The number of ether oxygens (including phenoxy) is 1. The highest BCUT2D eigenvalue weighted by Gasteiger charge is 2.23. The fourth-order valence-corrected chi connectivity index (χ4v) is 3.44. The van der Waals surface area contributed by atoms with Crippen molar-refractivity contribution in [3.63, 3.8) is 0 Å². The normalized spacial score (nSPS) is 15.1. The summed E-state index contributed by atoms with van der Waals surface area (Å²) in [6.45, 7) is 2.67. The van der Waals surface area contributed by atoms with E-state index in [-0.39, 0.29) is 0 Å². The highest BCUT2D eigenvalue weighted by Crippen LogP contribution is 2.33. The second-order valence-corrected chi connectivity index (χ2v) is 6.41. The van der Waals surface area contributed by atoms with Gasteiger partial charge in [0.15, 0.2) is 5.11 Å². The lowest BCUT2D eigenvalue weighted by molar-refractivity contribution is 0.303. The molecule has 5 heteroatoms. The van der Waals surface area contributed by atoms with Gasteiger partial charge in [0.2, 0.25) is 0 Å². The molecule has 3 rings (SSSR count). The fraction of sp³-hybridized carbons (Fsp3) is 0.368. The summed E-state index contributed by atoms with van der Waals surface area (Å²) in [5.41, 5.74) is 2.46. The first-order valence-corrected chi connectivity index (χ1v) is 8.73. The maximum absolute atomic E-state index is 5.55. The number of hydrogen-bond acceptors (Lipinski definition) is 3. The molecule has 0 atom stereocenters. The second kappa shape index (κ2) is 8.11. The summed E-state index contributed by atoms with van der Waals surface area (Å²) in [5.74, 6) is 1.53. The standard InChI is InChI=1S/C19H23N3OS/c1-23-18-7-3-2-6-17(18)16-8-11-22(12-9-16)19(24)21-14-15-5-4-10-20-13-15/h2-7,10,13,16H,8-9,11-12,14H2,1H3,(H,21,24). The molecule has 1 N–H and O–H groups in total. The van der Waals surface area contributed by atoms with Crippen LogP contribution in [0.15, 0.2) is 48.8 Å². The number of nitrogens with zero attached hydrogens (tertiary/aromatic N) is 2. The van der Waals surface area contributed by atoms with Gasteiger partial charge in [-0.05, 0) is 54.2 Å². The number of nitrogens with one attached hydrogen (secondary N) is 1. The second-order valence-electron chi connectivity index (χ2n) is 6.02. The van der Waals surface area contributed by atoms with E-state index in [0.717, 1.165) is 48.9 Å². The van der Waals surface area contributed by atoms with Gasteiger partial charge in [-0.1, -0.05) is 24.3 Å². The molecule has 24 heavy (non-hydrogen) atoms. The molecule has 2 heterocycles. The van der Waals surface area contributed by atoms with Crippen LogP contribution in [0.4, 0.5) is 0 Å². The minimum Gasteiger partial charge on any atom is -0.496 e. The molecule has 0 aliphatic carbocycles. The quantitative estimate of drug-likeness (QED) is 0.863. The average molecular weight is 341 g/mol. The van der Waals surface area contributed by atoms with E-state index < -0.39 is 0 Å². The van der Waals surface area contributed by atoms with Crippen molar-refractivity contribution in [3.8, 4) is 5.75 Å². The number of para-hydroxylation sites is 1. The van der Waals surface area contributed by atoms with Crippen LogP contribution in [0.25, 0.3) is 0 Å². The Labute approximate surface area is 148 Å². The van der Waals surface area contributed by atoms with E-state index in [9.17, 15) is 0 Å². The van der Waals surface area contributed by atoms with Crippen molar-refractivity contribution in [2.75, 3.05) is 20.2 Å². The number of rotatable bonds is 4. The minimum atomic E-state index is 0.540. The molecule has 0 spiro atoms. The maximum Gasteiger partial charge on any atom is 0.169 e. The molecular weight excluding hydrogens is 318 g/mol. The number of aromatic nitrogens is 1. The number of likely N-dealkylation sites (tertiary alicyclic amines) is 1. The fourth-order valence-electron chi connectivity index (χ4n) is 3.19. The molecule has 0 saturated carbocycles. The Morgan fingerprint density at radius 2 is 2.04 bits per heavy atom. The van der Waals surface area contributed by atoms with Crippen LogP contribution >= 0.6 is 12.2 Å². The van der Waals surface area contributed by atoms with Crippen LogP contribution in [0, 0.1) is 0 Å². The molecule has 1 fully saturated rings. The minimum absolute atomic E-state index is 0.540. The first-order valence-electron chi connectivity index (χ1n) is 8.32. The lowest BCUT2D eigenvalue weighted by atomic mass is 9.89. The van der Waals surface area contributed by atoms with Crippen molar-refractivity contribution >= 4 is 17.3 Å². The van der Waals surface area contributed by atoms with Crippen LogP contribution in [0.5, 0.6) is 5.75 Å². The molecule has 0 bridgehead atoms. The first kappa shape index (κ1) is 16.7. The number of thiocarbonyl (C=S) groups is 1. The number of methoxy groups -OCH3 is 1. The van der Waals surface area contributed by atoms with Gasteiger partial charge in [0.1, 0.15) is 5.75 Å². The summed E-state index contributed by atoms with van der Waals surface area (Å²) in [4.78, 5) is 6.39. The Morgan fingerprint density at radius 1 is 1.25 bits per heavy atom. The van der Waals surface area contributed by atoms with Crippen molar-refractivity contribution in [1.29, 1.82) is 0 Å². The first-order chi connectivity index (χ1) is 11.8. The molecule has 1 saturated heterocycles. The predicted octanol–water partition coefficient (Wildman–Crippen LogP) is 3.34.